The molecular weight excluding hydrogens is 272 g/mol. The van der Waals surface area contributed by atoms with Gasteiger partial charge in [0, 0.05) is 5.56 Å². The molecule has 22 heavy (non-hydrogen) atoms. The molecule has 3 aromatic rings. The molecule has 1 aliphatic carbocycles. The molecule has 0 saturated carbocycles. The van der Waals surface area contributed by atoms with Crippen LogP contribution in [-0.2, 0) is 12.8 Å². The van der Waals surface area contributed by atoms with Crippen LogP contribution in [0.2, 0.25) is 0 Å². The average molecular weight is 290 g/mol. The molecule has 1 N–H and O–H groups in total. The van der Waals surface area contributed by atoms with E-state index in [0.717, 1.165) is 11.1 Å². The fraction of sp³-hybridized carbons (Fsp3) is 0.278. The van der Waals surface area contributed by atoms with Crippen molar-refractivity contribution >= 4 is 0 Å². The molecule has 4 heteroatoms. The number of H-pyrrole nitrogens is 1. The van der Waals surface area contributed by atoms with E-state index in [4.69, 9.17) is 0 Å². The zero-order valence-electron chi connectivity index (χ0n) is 12.4. The van der Waals surface area contributed by atoms with Gasteiger partial charge in [-0.1, -0.05) is 48.9 Å². The van der Waals surface area contributed by atoms with Gasteiger partial charge in [0.2, 0.25) is 5.82 Å². The van der Waals surface area contributed by atoms with Gasteiger partial charge < -0.3 is 0 Å². The molecule has 0 spiro atoms. The van der Waals surface area contributed by atoms with Crippen molar-refractivity contribution in [3.8, 4) is 22.5 Å². The Morgan fingerprint density at radius 2 is 1.64 bits per heavy atom. The van der Waals surface area contributed by atoms with Gasteiger partial charge in [-0.25, -0.2) is 0 Å². The Morgan fingerprint density at radius 3 is 2.45 bits per heavy atom. The van der Waals surface area contributed by atoms with Crippen molar-refractivity contribution in [1.82, 2.24) is 20.6 Å². The standard InChI is InChI=1S/C18H18N4/c1-2-6-13-10-11-15(12-14(13)7-3-1)16-8-4-5-9-17(16)18-19-21-22-20-18/h4-5,8-12H,1-3,6-7H2,(H,19,20,21,22). The average Bonchev–Trinajstić information content (AvgIpc) is 3.00. The highest BCUT2D eigenvalue weighted by Crippen LogP contribution is 2.32. The van der Waals surface area contributed by atoms with Crippen LogP contribution in [0.25, 0.3) is 22.5 Å². The van der Waals surface area contributed by atoms with Crippen molar-refractivity contribution in [3.05, 3.63) is 53.6 Å². The molecule has 0 fully saturated rings. The van der Waals surface area contributed by atoms with Crippen molar-refractivity contribution < 1.29 is 0 Å². The maximum absolute atomic E-state index is 4.13. The number of benzene rings is 2. The van der Waals surface area contributed by atoms with Crippen LogP contribution in [0.1, 0.15) is 30.4 Å². The molecule has 1 aliphatic rings. The molecule has 0 atom stereocenters. The Labute approximate surface area is 129 Å². The van der Waals surface area contributed by atoms with Crippen LogP contribution in [0.4, 0.5) is 0 Å². The first-order valence-corrected chi connectivity index (χ1v) is 7.87. The molecule has 0 amide bonds. The van der Waals surface area contributed by atoms with Crippen molar-refractivity contribution in [2.75, 3.05) is 0 Å². The number of aryl methyl sites for hydroxylation is 2. The van der Waals surface area contributed by atoms with Crippen LogP contribution in [0.3, 0.4) is 0 Å². The normalized spacial score (nSPS) is 14.4. The van der Waals surface area contributed by atoms with Gasteiger partial charge >= 0.3 is 0 Å². The Morgan fingerprint density at radius 1 is 0.818 bits per heavy atom. The first-order valence-electron chi connectivity index (χ1n) is 7.87. The molecule has 0 saturated heterocycles. The van der Waals surface area contributed by atoms with Gasteiger partial charge in [0.05, 0.1) is 0 Å². The summed E-state index contributed by atoms with van der Waals surface area (Å²) in [6, 6.07) is 15.1. The summed E-state index contributed by atoms with van der Waals surface area (Å²) in [5, 5.41) is 14.5. The summed E-state index contributed by atoms with van der Waals surface area (Å²) in [7, 11) is 0. The van der Waals surface area contributed by atoms with Crippen LogP contribution in [0.15, 0.2) is 42.5 Å². The van der Waals surface area contributed by atoms with Crippen LogP contribution >= 0.6 is 0 Å². The lowest BCUT2D eigenvalue weighted by atomic mass is 9.94. The maximum atomic E-state index is 4.13. The number of aromatic nitrogens is 4. The van der Waals surface area contributed by atoms with E-state index in [1.807, 2.05) is 12.1 Å². The fourth-order valence-corrected chi connectivity index (χ4v) is 3.28. The van der Waals surface area contributed by atoms with Crippen LogP contribution in [0, 0.1) is 0 Å². The van der Waals surface area contributed by atoms with Gasteiger partial charge in [-0.05, 0) is 53.2 Å². The molecule has 0 unspecified atom stereocenters. The Hall–Kier alpha value is -2.49. The number of nitrogens with one attached hydrogen (secondary N) is 1. The number of aromatic amines is 1. The molecule has 1 aromatic heterocycles. The monoisotopic (exact) mass is 290 g/mol. The van der Waals surface area contributed by atoms with E-state index >= 15 is 0 Å². The molecule has 0 bridgehead atoms. The van der Waals surface area contributed by atoms with Crippen LogP contribution in [-0.4, -0.2) is 20.6 Å². The molecular formula is C18H18N4. The second-order valence-corrected chi connectivity index (χ2v) is 5.83. The largest absolute Gasteiger partial charge is 0.205 e. The third-order valence-corrected chi connectivity index (χ3v) is 4.42. The highest BCUT2D eigenvalue weighted by molar-refractivity contribution is 5.80. The molecule has 0 aliphatic heterocycles. The molecule has 0 radical (unpaired) electrons. The summed E-state index contributed by atoms with van der Waals surface area (Å²) in [5.41, 5.74) is 6.43. The highest BCUT2D eigenvalue weighted by atomic mass is 15.5. The minimum absolute atomic E-state index is 0.644. The van der Waals surface area contributed by atoms with Crippen molar-refractivity contribution in [2.45, 2.75) is 32.1 Å². The number of hydrogen-bond acceptors (Lipinski definition) is 3. The third kappa shape index (κ3) is 2.41. The number of tetrazole rings is 1. The smallest absolute Gasteiger partial charge is 0.177 e. The zero-order chi connectivity index (χ0) is 14.8. The zero-order valence-corrected chi connectivity index (χ0v) is 12.4. The van der Waals surface area contributed by atoms with Gasteiger partial charge in [-0.3, -0.25) is 0 Å². The number of hydrogen-bond donors (Lipinski definition) is 1. The van der Waals surface area contributed by atoms with E-state index < -0.39 is 0 Å². The van der Waals surface area contributed by atoms with Crippen LogP contribution in [0.5, 0.6) is 0 Å². The SMILES string of the molecule is c1ccc(-c2nn[nH]n2)c(-c2ccc3c(c2)CCCCC3)c1. The second kappa shape index (κ2) is 5.72. The molecule has 2 aromatic carbocycles. The summed E-state index contributed by atoms with van der Waals surface area (Å²) in [5.74, 6) is 0.644. The lowest BCUT2D eigenvalue weighted by Gasteiger charge is -2.11. The molecule has 1 heterocycles. The quantitative estimate of drug-likeness (QED) is 0.730. The van der Waals surface area contributed by atoms with Gasteiger partial charge in [0.15, 0.2) is 0 Å². The van der Waals surface area contributed by atoms with E-state index in [-0.39, 0.29) is 0 Å². The predicted octanol–water partition coefficient (Wildman–Crippen LogP) is 3.80. The summed E-state index contributed by atoms with van der Waals surface area (Å²) < 4.78 is 0. The summed E-state index contributed by atoms with van der Waals surface area (Å²) in [4.78, 5) is 0. The number of nitrogens with zero attached hydrogens (tertiary/aromatic N) is 3. The molecule has 4 rings (SSSR count). The lowest BCUT2D eigenvalue weighted by Crippen LogP contribution is -1.93. The van der Waals surface area contributed by atoms with Crippen LogP contribution < -0.4 is 0 Å². The third-order valence-electron chi connectivity index (χ3n) is 4.42. The minimum atomic E-state index is 0.644. The Balaban J connectivity index is 1.81. The van der Waals surface area contributed by atoms with Crippen molar-refractivity contribution in [1.29, 1.82) is 0 Å². The van der Waals surface area contributed by atoms with E-state index in [2.05, 4.69) is 51.0 Å². The number of fused-ring (bicyclic) bond motifs is 1. The van der Waals surface area contributed by atoms with Gasteiger partial charge in [-0.15, -0.1) is 10.2 Å². The highest BCUT2D eigenvalue weighted by Gasteiger charge is 2.13. The lowest BCUT2D eigenvalue weighted by molar-refractivity contribution is 0.711. The first kappa shape index (κ1) is 13.2. The van der Waals surface area contributed by atoms with E-state index in [0.29, 0.717) is 5.82 Å². The Bertz CT molecular complexity index is 778. The van der Waals surface area contributed by atoms with Gasteiger partial charge in [0.25, 0.3) is 0 Å². The Kier molecular flexibility index (Phi) is 3.43. The van der Waals surface area contributed by atoms with E-state index in [9.17, 15) is 0 Å². The van der Waals surface area contributed by atoms with Crippen molar-refractivity contribution in [3.63, 3.8) is 0 Å². The number of rotatable bonds is 2. The van der Waals surface area contributed by atoms with E-state index in [1.54, 1.807) is 0 Å². The maximum Gasteiger partial charge on any atom is 0.205 e. The second-order valence-electron chi connectivity index (χ2n) is 5.83. The van der Waals surface area contributed by atoms with Gasteiger partial charge in [0.1, 0.15) is 0 Å². The van der Waals surface area contributed by atoms with E-state index in [1.165, 1.54) is 48.8 Å². The minimum Gasteiger partial charge on any atom is -0.177 e. The summed E-state index contributed by atoms with van der Waals surface area (Å²) in [6.45, 7) is 0. The topological polar surface area (TPSA) is 54.5 Å². The summed E-state index contributed by atoms with van der Waals surface area (Å²) >= 11 is 0. The van der Waals surface area contributed by atoms with Crippen molar-refractivity contribution in [2.24, 2.45) is 0 Å². The first-order chi connectivity index (χ1) is 10.9. The fourth-order valence-electron chi connectivity index (χ4n) is 3.28. The summed E-state index contributed by atoms with van der Waals surface area (Å²) in [6.07, 6.45) is 6.34. The molecule has 110 valence electrons. The van der Waals surface area contributed by atoms with Gasteiger partial charge in [-0.2, -0.15) is 5.21 Å². The predicted molar refractivity (Wildman–Crippen MR) is 86.3 cm³/mol. The molecule has 4 nitrogen and oxygen atoms in total.